The zero-order valence-electron chi connectivity index (χ0n) is 5.48. The van der Waals surface area contributed by atoms with Gasteiger partial charge in [-0.1, -0.05) is 6.92 Å². The quantitative estimate of drug-likeness (QED) is 0.197. The van der Waals surface area contributed by atoms with Gasteiger partial charge in [-0.05, 0) is 12.0 Å². The molecule has 0 atom stereocenters. The van der Waals surface area contributed by atoms with Crippen LogP contribution in [0.2, 0.25) is 0 Å². The van der Waals surface area contributed by atoms with Crippen LogP contribution in [0.5, 0.6) is 0 Å². The molecular formula is C4H7N3O3. The Bertz CT molecular complexity index is 152. The molecule has 6 nitrogen and oxygen atoms in total. The number of nitrogens with zero attached hydrogens (tertiary/aromatic N) is 3. The summed E-state index contributed by atoms with van der Waals surface area (Å²) in [5, 5.41) is 2.53. The van der Waals surface area contributed by atoms with Gasteiger partial charge in [0.1, 0.15) is 0 Å². The average molecular weight is 145 g/mol. The Morgan fingerprint density at radius 1 is 1.80 bits per heavy atom. The molecule has 0 spiro atoms. The van der Waals surface area contributed by atoms with E-state index in [2.05, 4.69) is 20.1 Å². The molecule has 0 aliphatic carbocycles. The van der Waals surface area contributed by atoms with Gasteiger partial charge in [-0.25, -0.2) is 14.7 Å². The number of rotatable bonds is 4. The minimum absolute atomic E-state index is 0.251. The smallest absolute Gasteiger partial charge is 0.247 e. The van der Waals surface area contributed by atoms with Crippen molar-refractivity contribution in [1.82, 2.24) is 0 Å². The van der Waals surface area contributed by atoms with Crippen molar-refractivity contribution in [2.45, 2.75) is 19.8 Å². The molecule has 0 aliphatic rings. The molecule has 0 aliphatic heterocycles. The topological polar surface area (TPSA) is 84.3 Å². The maximum Gasteiger partial charge on any atom is 0.356 e. The first-order valence-corrected chi connectivity index (χ1v) is 2.72. The Morgan fingerprint density at radius 2 is 2.50 bits per heavy atom. The van der Waals surface area contributed by atoms with Gasteiger partial charge in [0.05, 0.1) is 0 Å². The largest absolute Gasteiger partial charge is 0.356 e. The summed E-state index contributed by atoms with van der Waals surface area (Å²) >= 11 is 0. The summed E-state index contributed by atoms with van der Waals surface area (Å²) in [5.74, 6) is -0.546. The van der Waals surface area contributed by atoms with Crippen molar-refractivity contribution < 1.29 is 14.7 Å². The van der Waals surface area contributed by atoms with Crippen LogP contribution < -0.4 is 0 Å². The van der Waals surface area contributed by atoms with E-state index in [4.69, 9.17) is 5.53 Å². The van der Waals surface area contributed by atoms with Crippen LogP contribution in [-0.2, 0) is 14.7 Å². The van der Waals surface area contributed by atoms with E-state index in [0.717, 1.165) is 0 Å². The van der Waals surface area contributed by atoms with Crippen LogP contribution in [0.25, 0.3) is 10.4 Å². The predicted molar refractivity (Wildman–Crippen MR) is 31.2 cm³/mol. The summed E-state index contributed by atoms with van der Waals surface area (Å²) in [4.78, 5) is 20.3. The molecule has 0 aromatic carbocycles. The third-order valence-corrected chi connectivity index (χ3v) is 0.654. The molecule has 6 heteroatoms. The zero-order chi connectivity index (χ0) is 7.82. The van der Waals surface area contributed by atoms with Crippen LogP contribution in [0.1, 0.15) is 19.8 Å². The molecule has 0 heterocycles. The molecule has 0 saturated carbocycles. The van der Waals surface area contributed by atoms with Crippen LogP contribution in [0.15, 0.2) is 5.28 Å². The monoisotopic (exact) mass is 145 g/mol. The summed E-state index contributed by atoms with van der Waals surface area (Å²) in [6, 6.07) is 0. The molecule has 0 aromatic rings. The molecule has 0 amide bonds. The molecule has 56 valence electrons. The van der Waals surface area contributed by atoms with Crippen molar-refractivity contribution in [3.63, 3.8) is 0 Å². The highest BCUT2D eigenvalue weighted by Gasteiger charge is 1.99. The van der Waals surface area contributed by atoms with E-state index >= 15 is 0 Å². The number of hydrogen-bond donors (Lipinski definition) is 0. The van der Waals surface area contributed by atoms with Crippen LogP contribution >= 0.6 is 0 Å². The van der Waals surface area contributed by atoms with E-state index in [1.165, 1.54) is 0 Å². The van der Waals surface area contributed by atoms with Crippen molar-refractivity contribution in [3.8, 4) is 0 Å². The Labute approximate surface area is 57.2 Å². The lowest BCUT2D eigenvalue weighted by molar-refractivity contribution is -0.274. The summed E-state index contributed by atoms with van der Waals surface area (Å²) in [5.41, 5.74) is 7.65. The summed E-state index contributed by atoms with van der Waals surface area (Å²) in [6.45, 7) is 1.81. The van der Waals surface area contributed by atoms with Gasteiger partial charge in [0.2, 0.25) is 0 Å². The maximum absolute atomic E-state index is 10.4. The third-order valence-electron chi connectivity index (χ3n) is 0.654. The molecule has 0 unspecified atom stereocenters. The van der Waals surface area contributed by atoms with E-state index in [0.29, 0.717) is 6.42 Å². The lowest BCUT2D eigenvalue weighted by Crippen LogP contribution is -2.00. The van der Waals surface area contributed by atoms with Crippen molar-refractivity contribution in [3.05, 3.63) is 10.4 Å². The first kappa shape index (κ1) is 8.58. The van der Waals surface area contributed by atoms with Gasteiger partial charge in [-0.15, -0.1) is 0 Å². The highest BCUT2D eigenvalue weighted by molar-refractivity contribution is 5.68. The van der Waals surface area contributed by atoms with E-state index in [-0.39, 0.29) is 6.42 Å². The first-order valence-electron chi connectivity index (χ1n) is 2.72. The van der Waals surface area contributed by atoms with Gasteiger partial charge in [0.25, 0.3) is 0 Å². The fourth-order valence-electron chi connectivity index (χ4n) is 0.319. The van der Waals surface area contributed by atoms with Crippen LogP contribution in [0, 0.1) is 0 Å². The maximum atomic E-state index is 10.4. The molecule has 0 bridgehead atoms. The predicted octanol–water partition coefficient (Wildman–Crippen LogP) is 1.49. The average Bonchev–Trinajstić information content (AvgIpc) is 1.89. The third kappa shape index (κ3) is 4.73. The molecule has 0 N–H and O–H groups in total. The Kier molecular flexibility index (Phi) is 4.90. The van der Waals surface area contributed by atoms with Crippen molar-refractivity contribution in [2.75, 3.05) is 0 Å². The molecule has 0 saturated heterocycles. The van der Waals surface area contributed by atoms with E-state index in [1.807, 2.05) is 6.92 Å². The minimum Gasteiger partial charge on any atom is -0.247 e. The van der Waals surface area contributed by atoms with Gasteiger partial charge < -0.3 is 0 Å². The van der Waals surface area contributed by atoms with E-state index < -0.39 is 5.97 Å². The van der Waals surface area contributed by atoms with Crippen molar-refractivity contribution in [1.29, 1.82) is 0 Å². The standard InChI is InChI=1S/C4H7N3O3/c1-2-3-4(8)9-10-7-6-5/h2-3H2,1H3. The Hall–Kier alpha value is -1.42. The van der Waals surface area contributed by atoms with E-state index in [1.54, 1.807) is 0 Å². The fraction of sp³-hybridized carbons (Fsp3) is 0.750. The number of carbonyl (C=O) groups excluding carboxylic acids is 1. The Morgan fingerprint density at radius 3 is 3.00 bits per heavy atom. The molecule has 10 heavy (non-hydrogen) atoms. The van der Waals surface area contributed by atoms with Crippen LogP contribution in [0.3, 0.4) is 0 Å². The zero-order valence-corrected chi connectivity index (χ0v) is 5.48. The summed E-state index contributed by atoms with van der Waals surface area (Å²) in [6.07, 6.45) is 0.916. The summed E-state index contributed by atoms with van der Waals surface area (Å²) < 4.78 is 0. The van der Waals surface area contributed by atoms with Crippen LogP contribution in [-0.4, -0.2) is 5.97 Å². The highest BCUT2D eigenvalue weighted by atomic mass is 17.3. The number of carbonyl (C=O) groups is 1. The second kappa shape index (κ2) is 5.71. The molecular weight excluding hydrogens is 138 g/mol. The van der Waals surface area contributed by atoms with Crippen molar-refractivity contribution >= 4 is 5.97 Å². The first-order chi connectivity index (χ1) is 4.81. The fourth-order valence-corrected chi connectivity index (χ4v) is 0.319. The van der Waals surface area contributed by atoms with Crippen molar-refractivity contribution in [2.24, 2.45) is 5.28 Å². The van der Waals surface area contributed by atoms with Gasteiger partial charge in [0, 0.05) is 11.3 Å². The van der Waals surface area contributed by atoms with Gasteiger partial charge in [-0.3, -0.25) is 0 Å². The van der Waals surface area contributed by atoms with Crippen LogP contribution in [0.4, 0.5) is 0 Å². The van der Waals surface area contributed by atoms with Gasteiger partial charge >= 0.3 is 5.97 Å². The normalized spacial score (nSPS) is 7.70. The lowest BCUT2D eigenvalue weighted by Gasteiger charge is -1.93. The Balaban J connectivity index is 3.30. The highest BCUT2D eigenvalue weighted by Crippen LogP contribution is 1.91. The second-order valence-corrected chi connectivity index (χ2v) is 1.45. The minimum atomic E-state index is -0.546. The SMILES string of the molecule is CCCC(=O)OON=[N+]=[N-]. The molecule has 0 fully saturated rings. The van der Waals surface area contributed by atoms with E-state index in [9.17, 15) is 4.79 Å². The van der Waals surface area contributed by atoms with Gasteiger partial charge in [0.15, 0.2) is 5.28 Å². The second-order valence-electron chi connectivity index (χ2n) is 1.45. The lowest BCUT2D eigenvalue weighted by atomic mass is 10.3. The van der Waals surface area contributed by atoms with Gasteiger partial charge in [-0.2, -0.15) is 0 Å². The molecule has 0 rings (SSSR count). The number of hydrogen-bond acceptors (Lipinski definition) is 4. The summed E-state index contributed by atoms with van der Waals surface area (Å²) in [7, 11) is 0. The molecule has 0 aromatic heterocycles. The molecule has 0 radical (unpaired) electrons. The number of azide groups is 1.